The van der Waals surface area contributed by atoms with Crippen molar-refractivity contribution < 1.29 is 4.74 Å². The summed E-state index contributed by atoms with van der Waals surface area (Å²) in [6.07, 6.45) is 11.2. The largest absolute Gasteiger partial charge is 0.357 e. The molecule has 0 bridgehead atoms. The highest BCUT2D eigenvalue weighted by Crippen LogP contribution is 2.53. The second-order valence-electron chi connectivity index (χ2n) is 8.13. The maximum Gasteiger partial charge on any atom is 0.140 e. The Morgan fingerprint density at radius 2 is 1.43 bits per heavy atom. The summed E-state index contributed by atoms with van der Waals surface area (Å²) in [6.45, 7) is 1.66. The van der Waals surface area contributed by atoms with Crippen molar-refractivity contribution in [2.45, 2.75) is 24.5 Å². The van der Waals surface area contributed by atoms with Gasteiger partial charge in [0.05, 0.1) is 6.61 Å². The first-order chi connectivity index (χ1) is 14.9. The number of ether oxygens (including phenoxy) is 1. The SMILES string of the molecule is C(=C\c1ccccc1)/CN1c2ccccc2[C@]2(C/C=C/c3ccccc3)CCO[C@H]12. The van der Waals surface area contributed by atoms with Gasteiger partial charge in [0.1, 0.15) is 6.23 Å². The Kier molecular flexibility index (Phi) is 5.25. The molecule has 0 amide bonds. The lowest BCUT2D eigenvalue weighted by Crippen LogP contribution is -2.41. The van der Waals surface area contributed by atoms with Crippen LogP contribution >= 0.6 is 0 Å². The number of allylic oxidation sites excluding steroid dienone is 1. The van der Waals surface area contributed by atoms with Crippen molar-refractivity contribution in [3.63, 3.8) is 0 Å². The molecule has 2 heterocycles. The van der Waals surface area contributed by atoms with Crippen LogP contribution < -0.4 is 4.90 Å². The highest BCUT2D eigenvalue weighted by atomic mass is 16.5. The predicted octanol–water partition coefficient (Wildman–Crippen LogP) is 6.31. The zero-order valence-electron chi connectivity index (χ0n) is 17.2. The Morgan fingerprint density at radius 3 is 2.17 bits per heavy atom. The van der Waals surface area contributed by atoms with E-state index in [9.17, 15) is 0 Å². The maximum atomic E-state index is 6.34. The van der Waals surface area contributed by atoms with Gasteiger partial charge in [-0.05, 0) is 35.6 Å². The molecule has 3 aromatic carbocycles. The van der Waals surface area contributed by atoms with Crippen molar-refractivity contribution in [3.05, 3.63) is 114 Å². The van der Waals surface area contributed by atoms with Crippen LogP contribution in [0.3, 0.4) is 0 Å². The van der Waals surface area contributed by atoms with Crippen LogP contribution in [0.1, 0.15) is 29.5 Å². The molecule has 0 unspecified atom stereocenters. The third-order valence-electron chi connectivity index (χ3n) is 6.33. The van der Waals surface area contributed by atoms with Crippen LogP contribution in [-0.2, 0) is 10.2 Å². The van der Waals surface area contributed by atoms with E-state index in [-0.39, 0.29) is 11.6 Å². The molecule has 5 rings (SSSR count). The molecule has 0 saturated carbocycles. The highest BCUT2D eigenvalue weighted by molar-refractivity contribution is 5.66. The fraction of sp³-hybridized carbons (Fsp3) is 0.214. The highest BCUT2D eigenvalue weighted by Gasteiger charge is 2.53. The Hall–Kier alpha value is -3.10. The smallest absolute Gasteiger partial charge is 0.140 e. The van der Waals surface area contributed by atoms with Crippen LogP contribution in [0.15, 0.2) is 97.1 Å². The van der Waals surface area contributed by atoms with E-state index >= 15 is 0 Å². The van der Waals surface area contributed by atoms with E-state index < -0.39 is 0 Å². The van der Waals surface area contributed by atoms with E-state index in [1.165, 1.54) is 22.4 Å². The Bertz CT molecular complexity index is 1040. The van der Waals surface area contributed by atoms with E-state index in [0.717, 1.165) is 26.0 Å². The summed E-state index contributed by atoms with van der Waals surface area (Å²) in [5, 5.41) is 0. The van der Waals surface area contributed by atoms with Gasteiger partial charge in [-0.1, -0.05) is 103 Å². The van der Waals surface area contributed by atoms with Crippen LogP contribution in [-0.4, -0.2) is 19.4 Å². The molecule has 0 N–H and O–H groups in total. The van der Waals surface area contributed by atoms with E-state index in [1.54, 1.807) is 0 Å². The van der Waals surface area contributed by atoms with E-state index in [4.69, 9.17) is 4.74 Å². The van der Waals surface area contributed by atoms with Gasteiger partial charge in [0.15, 0.2) is 0 Å². The molecule has 1 fully saturated rings. The van der Waals surface area contributed by atoms with Crippen LogP contribution in [0.5, 0.6) is 0 Å². The maximum absolute atomic E-state index is 6.34. The first kappa shape index (κ1) is 18.9. The average Bonchev–Trinajstić information content (AvgIpc) is 3.32. The first-order valence-corrected chi connectivity index (χ1v) is 10.8. The molecule has 0 radical (unpaired) electrons. The molecule has 3 aromatic rings. The summed E-state index contributed by atoms with van der Waals surface area (Å²) in [5.74, 6) is 0. The minimum atomic E-state index is 0.0302. The molecule has 0 aromatic heterocycles. The van der Waals surface area contributed by atoms with Crippen molar-refractivity contribution in [1.82, 2.24) is 0 Å². The zero-order chi connectivity index (χ0) is 20.2. The van der Waals surface area contributed by atoms with Crippen LogP contribution in [0.2, 0.25) is 0 Å². The summed E-state index contributed by atoms with van der Waals surface area (Å²) in [4.78, 5) is 2.44. The standard InChI is InChI=1S/C28H27NO/c1-3-11-23(12-4-1)15-9-19-28-20-22-30-27(28)29(26-18-8-7-17-25(26)28)21-10-16-24-13-5-2-6-14-24/h1-18,27H,19-22H2/b15-9+,16-10+/t27-,28-/m0/s1. The molecular weight excluding hydrogens is 366 g/mol. The molecule has 2 aliphatic rings. The molecule has 1 saturated heterocycles. The van der Waals surface area contributed by atoms with Gasteiger partial charge in [0, 0.05) is 17.6 Å². The molecule has 0 aliphatic carbocycles. The number of para-hydroxylation sites is 1. The molecule has 150 valence electrons. The van der Waals surface area contributed by atoms with Gasteiger partial charge in [0.2, 0.25) is 0 Å². The second kappa shape index (κ2) is 8.33. The van der Waals surface area contributed by atoms with Gasteiger partial charge in [-0.15, -0.1) is 0 Å². The fourth-order valence-electron chi connectivity index (χ4n) is 4.91. The molecule has 0 spiro atoms. The first-order valence-electron chi connectivity index (χ1n) is 10.8. The quantitative estimate of drug-likeness (QED) is 0.487. The van der Waals surface area contributed by atoms with Gasteiger partial charge in [-0.3, -0.25) is 0 Å². The van der Waals surface area contributed by atoms with Crippen molar-refractivity contribution in [3.8, 4) is 0 Å². The minimum Gasteiger partial charge on any atom is -0.357 e. The van der Waals surface area contributed by atoms with Crippen LogP contribution in [0.25, 0.3) is 12.2 Å². The number of nitrogens with zero attached hydrogens (tertiary/aromatic N) is 1. The Labute approximate surface area is 179 Å². The Morgan fingerprint density at radius 1 is 0.800 bits per heavy atom. The van der Waals surface area contributed by atoms with Gasteiger partial charge < -0.3 is 9.64 Å². The molecule has 2 atom stereocenters. The fourth-order valence-corrected chi connectivity index (χ4v) is 4.91. The van der Waals surface area contributed by atoms with Crippen molar-refractivity contribution in [2.24, 2.45) is 0 Å². The van der Waals surface area contributed by atoms with Crippen LogP contribution in [0.4, 0.5) is 5.69 Å². The number of anilines is 1. The molecule has 2 nitrogen and oxygen atoms in total. The van der Waals surface area contributed by atoms with Gasteiger partial charge in [0.25, 0.3) is 0 Å². The lowest BCUT2D eigenvalue weighted by Gasteiger charge is -2.31. The minimum absolute atomic E-state index is 0.0302. The third-order valence-corrected chi connectivity index (χ3v) is 6.33. The van der Waals surface area contributed by atoms with E-state index in [0.29, 0.717) is 0 Å². The monoisotopic (exact) mass is 393 g/mol. The van der Waals surface area contributed by atoms with Crippen molar-refractivity contribution >= 4 is 17.8 Å². The molecule has 2 aliphatic heterocycles. The molecule has 30 heavy (non-hydrogen) atoms. The average molecular weight is 394 g/mol. The number of hydrogen-bond donors (Lipinski definition) is 0. The lowest BCUT2D eigenvalue weighted by atomic mass is 9.76. The van der Waals surface area contributed by atoms with Gasteiger partial charge in [-0.2, -0.15) is 0 Å². The van der Waals surface area contributed by atoms with Gasteiger partial charge >= 0.3 is 0 Å². The number of hydrogen-bond acceptors (Lipinski definition) is 2. The van der Waals surface area contributed by atoms with Crippen molar-refractivity contribution in [1.29, 1.82) is 0 Å². The second-order valence-corrected chi connectivity index (χ2v) is 8.13. The summed E-state index contributed by atoms with van der Waals surface area (Å²) in [6, 6.07) is 29.9. The zero-order valence-corrected chi connectivity index (χ0v) is 17.2. The van der Waals surface area contributed by atoms with Gasteiger partial charge in [-0.25, -0.2) is 0 Å². The summed E-state index contributed by atoms with van der Waals surface area (Å²) in [7, 11) is 0. The molecular formula is C28H27NO. The topological polar surface area (TPSA) is 12.5 Å². The lowest BCUT2D eigenvalue weighted by molar-refractivity contribution is 0.0860. The number of benzene rings is 3. The van der Waals surface area contributed by atoms with Crippen LogP contribution in [0, 0.1) is 0 Å². The summed E-state index contributed by atoms with van der Waals surface area (Å²) >= 11 is 0. The molecule has 2 heteroatoms. The van der Waals surface area contributed by atoms with Crippen molar-refractivity contribution in [2.75, 3.05) is 18.1 Å². The Balaban J connectivity index is 1.41. The van der Waals surface area contributed by atoms with E-state index in [1.807, 2.05) is 0 Å². The number of rotatable bonds is 6. The normalized spacial score (nSPS) is 22.7. The predicted molar refractivity (Wildman–Crippen MR) is 125 cm³/mol. The summed E-state index contributed by atoms with van der Waals surface area (Å²) in [5.41, 5.74) is 5.25. The van der Waals surface area contributed by atoms with E-state index in [2.05, 4.69) is 114 Å². The third kappa shape index (κ3) is 3.48. The number of fused-ring (bicyclic) bond motifs is 3. The summed E-state index contributed by atoms with van der Waals surface area (Å²) < 4.78 is 6.34.